The number of rotatable bonds is 5. The molecule has 0 spiro atoms. The lowest BCUT2D eigenvalue weighted by Crippen LogP contribution is -2.06. The lowest BCUT2D eigenvalue weighted by atomic mass is 10.0. The molecule has 0 aliphatic carbocycles. The van der Waals surface area contributed by atoms with Gasteiger partial charge >= 0.3 is 0 Å². The van der Waals surface area contributed by atoms with Crippen LogP contribution in [0.15, 0.2) is 42.5 Å². The highest BCUT2D eigenvalue weighted by atomic mass is 19.1. The second kappa shape index (κ2) is 6.53. The first kappa shape index (κ1) is 14.5. The largest absolute Gasteiger partial charge is 0.457 e. The van der Waals surface area contributed by atoms with Crippen molar-refractivity contribution in [3.8, 4) is 11.5 Å². The Bertz CT molecular complexity index is 564. The van der Waals surface area contributed by atoms with Crippen molar-refractivity contribution < 1.29 is 9.13 Å². The highest BCUT2D eigenvalue weighted by Gasteiger charge is 2.07. The molecule has 2 rings (SSSR count). The summed E-state index contributed by atoms with van der Waals surface area (Å²) in [4.78, 5) is 0. The maximum absolute atomic E-state index is 13.3. The average Bonchev–Trinajstić information content (AvgIpc) is 2.43. The van der Waals surface area contributed by atoms with Gasteiger partial charge in [0.25, 0.3) is 0 Å². The Labute approximate surface area is 119 Å². The molecule has 2 nitrogen and oxygen atoms in total. The van der Waals surface area contributed by atoms with Crippen LogP contribution in [0.3, 0.4) is 0 Å². The minimum absolute atomic E-state index is 0.252. The van der Waals surface area contributed by atoms with Gasteiger partial charge < -0.3 is 10.1 Å². The number of nitrogens with one attached hydrogen (secondary N) is 1. The van der Waals surface area contributed by atoms with E-state index in [4.69, 9.17) is 4.74 Å². The predicted octanol–water partition coefficient (Wildman–Crippen LogP) is 4.46. The topological polar surface area (TPSA) is 21.3 Å². The standard InChI is InChI=1S/C17H20FNO/c1-12(2)13-4-7-16(8-5-13)20-17-9-6-15(18)10-14(17)11-19-3/h4-10,12,19H,11H2,1-3H3. The Balaban J connectivity index is 2.20. The summed E-state index contributed by atoms with van der Waals surface area (Å²) in [7, 11) is 1.83. The Morgan fingerprint density at radius 2 is 1.80 bits per heavy atom. The fourth-order valence-corrected chi connectivity index (χ4v) is 2.02. The molecule has 0 saturated carbocycles. The molecule has 0 atom stereocenters. The Morgan fingerprint density at radius 1 is 1.10 bits per heavy atom. The first-order chi connectivity index (χ1) is 9.60. The predicted molar refractivity (Wildman–Crippen MR) is 79.8 cm³/mol. The zero-order valence-electron chi connectivity index (χ0n) is 12.1. The summed E-state index contributed by atoms with van der Waals surface area (Å²) in [6.07, 6.45) is 0. The third-order valence-corrected chi connectivity index (χ3v) is 3.16. The molecule has 0 aliphatic heterocycles. The highest BCUT2D eigenvalue weighted by molar-refractivity contribution is 5.39. The summed E-state index contributed by atoms with van der Waals surface area (Å²) in [5, 5.41) is 3.01. The average molecular weight is 273 g/mol. The van der Waals surface area contributed by atoms with E-state index in [1.807, 2.05) is 19.2 Å². The van der Waals surface area contributed by atoms with Gasteiger partial charge in [-0.1, -0.05) is 26.0 Å². The van der Waals surface area contributed by atoms with Gasteiger partial charge in [-0.25, -0.2) is 4.39 Å². The maximum Gasteiger partial charge on any atom is 0.132 e. The van der Waals surface area contributed by atoms with E-state index in [-0.39, 0.29) is 5.82 Å². The first-order valence-corrected chi connectivity index (χ1v) is 6.81. The zero-order valence-corrected chi connectivity index (χ0v) is 12.1. The van der Waals surface area contributed by atoms with Crippen LogP contribution in [0.2, 0.25) is 0 Å². The van der Waals surface area contributed by atoms with Crippen molar-refractivity contribution in [3.05, 3.63) is 59.4 Å². The Kier molecular flexibility index (Phi) is 4.74. The molecule has 0 aromatic heterocycles. The Morgan fingerprint density at radius 3 is 2.40 bits per heavy atom. The van der Waals surface area contributed by atoms with Gasteiger partial charge in [-0.05, 0) is 48.9 Å². The van der Waals surface area contributed by atoms with E-state index in [1.54, 1.807) is 6.07 Å². The quantitative estimate of drug-likeness (QED) is 0.868. The summed E-state index contributed by atoms with van der Waals surface area (Å²) in [6.45, 7) is 4.87. The molecule has 0 fully saturated rings. The molecular weight excluding hydrogens is 253 g/mol. The van der Waals surface area contributed by atoms with Crippen molar-refractivity contribution in [1.82, 2.24) is 5.32 Å². The summed E-state index contributed by atoms with van der Waals surface area (Å²) in [5.41, 5.74) is 2.08. The van der Waals surface area contributed by atoms with Crippen LogP contribution in [0.25, 0.3) is 0 Å². The molecule has 0 aliphatic rings. The normalized spacial score (nSPS) is 10.8. The minimum Gasteiger partial charge on any atom is -0.457 e. The number of hydrogen-bond acceptors (Lipinski definition) is 2. The Hall–Kier alpha value is -1.87. The fourth-order valence-electron chi connectivity index (χ4n) is 2.02. The van der Waals surface area contributed by atoms with Crippen LogP contribution < -0.4 is 10.1 Å². The van der Waals surface area contributed by atoms with E-state index in [2.05, 4.69) is 31.3 Å². The van der Waals surface area contributed by atoms with Crippen LogP contribution in [0.5, 0.6) is 11.5 Å². The molecule has 20 heavy (non-hydrogen) atoms. The second-order valence-electron chi connectivity index (χ2n) is 5.11. The van der Waals surface area contributed by atoms with Gasteiger partial charge in [-0.2, -0.15) is 0 Å². The van der Waals surface area contributed by atoms with Crippen LogP contribution in [-0.2, 0) is 6.54 Å². The zero-order chi connectivity index (χ0) is 14.5. The second-order valence-corrected chi connectivity index (χ2v) is 5.11. The fraction of sp³-hybridized carbons (Fsp3) is 0.294. The number of benzene rings is 2. The maximum atomic E-state index is 13.3. The van der Waals surface area contributed by atoms with Gasteiger partial charge in [0.1, 0.15) is 17.3 Å². The van der Waals surface area contributed by atoms with Crippen LogP contribution in [-0.4, -0.2) is 7.05 Å². The van der Waals surface area contributed by atoms with E-state index in [1.165, 1.54) is 17.7 Å². The van der Waals surface area contributed by atoms with E-state index in [0.29, 0.717) is 18.2 Å². The molecule has 106 valence electrons. The van der Waals surface area contributed by atoms with Crippen LogP contribution >= 0.6 is 0 Å². The van der Waals surface area contributed by atoms with E-state index in [0.717, 1.165) is 11.3 Å². The summed E-state index contributed by atoms with van der Waals surface area (Å²) in [6, 6.07) is 12.6. The summed E-state index contributed by atoms with van der Waals surface area (Å²) >= 11 is 0. The lowest BCUT2D eigenvalue weighted by Gasteiger charge is -2.12. The molecule has 1 N–H and O–H groups in total. The molecule has 2 aromatic rings. The van der Waals surface area contributed by atoms with Gasteiger partial charge in [-0.3, -0.25) is 0 Å². The van der Waals surface area contributed by atoms with E-state index in [9.17, 15) is 4.39 Å². The SMILES string of the molecule is CNCc1cc(F)ccc1Oc1ccc(C(C)C)cc1. The summed E-state index contributed by atoms with van der Waals surface area (Å²) in [5.74, 6) is 1.68. The third kappa shape index (κ3) is 3.58. The van der Waals surface area contributed by atoms with Crippen molar-refractivity contribution in [2.24, 2.45) is 0 Å². The van der Waals surface area contributed by atoms with Gasteiger partial charge in [-0.15, -0.1) is 0 Å². The van der Waals surface area contributed by atoms with Crippen LogP contribution in [0.4, 0.5) is 4.39 Å². The van der Waals surface area contributed by atoms with Crippen molar-refractivity contribution in [2.45, 2.75) is 26.3 Å². The van der Waals surface area contributed by atoms with Crippen molar-refractivity contribution >= 4 is 0 Å². The monoisotopic (exact) mass is 273 g/mol. The van der Waals surface area contributed by atoms with Gasteiger partial charge in [0.15, 0.2) is 0 Å². The first-order valence-electron chi connectivity index (χ1n) is 6.81. The number of hydrogen-bond donors (Lipinski definition) is 1. The molecule has 0 unspecified atom stereocenters. The van der Waals surface area contributed by atoms with Gasteiger partial charge in [0.05, 0.1) is 0 Å². The molecule has 0 heterocycles. The molecular formula is C17H20FNO. The number of ether oxygens (including phenoxy) is 1. The van der Waals surface area contributed by atoms with E-state index >= 15 is 0 Å². The van der Waals surface area contributed by atoms with E-state index < -0.39 is 0 Å². The molecule has 0 radical (unpaired) electrons. The molecule has 0 saturated heterocycles. The van der Waals surface area contributed by atoms with Crippen molar-refractivity contribution in [1.29, 1.82) is 0 Å². The van der Waals surface area contributed by atoms with Gasteiger partial charge in [0.2, 0.25) is 0 Å². The smallest absolute Gasteiger partial charge is 0.132 e. The third-order valence-electron chi connectivity index (χ3n) is 3.16. The lowest BCUT2D eigenvalue weighted by molar-refractivity contribution is 0.471. The van der Waals surface area contributed by atoms with Crippen LogP contribution in [0, 0.1) is 5.82 Å². The minimum atomic E-state index is -0.252. The van der Waals surface area contributed by atoms with Crippen molar-refractivity contribution in [2.75, 3.05) is 7.05 Å². The highest BCUT2D eigenvalue weighted by Crippen LogP contribution is 2.27. The molecule has 0 bridgehead atoms. The molecule has 0 amide bonds. The molecule has 2 aromatic carbocycles. The van der Waals surface area contributed by atoms with Gasteiger partial charge in [0, 0.05) is 12.1 Å². The van der Waals surface area contributed by atoms with Crippen molar-refractivity contribution in [3.63, 3.8) is 0 Å². The molecule has 3 heteroatoms. The van der Waals surface area contributed by atoms with Crippen LogP contribution in [0.1, 0.15) is 30.9 Å². The number of halogens is 1. The summed E-state index contributed by atoms with van der Waals surface area (Å²) < 4.78 is 19.1.